The van der Waals surface area contributed by atoms with Gasteiger partial charge in [0.05, 0.1) is 24.9 Å². The van der Waals surface area contributed by atoms with E-state index in [-0.39, 0.29) is 5.41 Å². The molecule has 1 heterocycles. The zero-order chi connectivity index (χ0) is 22.1. The van der Waals surface area contributed by atoms with Crippen molar-refractivity contribution in [2.75, 3.05) is 25.6 Å². The number of nitrogens with zero attached hydrogens (tertiary/aromatic N) is 1. The first kappa shape index (κ1) is 24.3. The van der Waals surface area contributed by atoms with E-state index in [1.54, 1.807) is 7.11 Å². The molecule has 0 radical (unpaired) electrons. The van der Waals surface area contributed by atoms with Gasteiger partial charge in [0.2, 0.25) is 0 Å². The zero-order valence-electron chi connectivity index (χ0n) is 19.8. The van der Waals surface area contributed by atoms with E-state index in [9.17, 15) is 0 Å². The summed E-state index contributed by atoms with van der Waals surface area (Å²) in [5, 5.41) is 4.62. The zero-order valence-corrected chi connectivity index (χ0v) is 19.8. The van der Waals surface area contributed by atoms with Crippen molar-refractivity contribution in [2.45, 2.75) is 84.6 Å². The SMILES string of the molecule is CCCCCCOc1c(OC)cc(NC(C)CCCN)c2nc(C(C)(C)C)ccc12. The summed E-state index contributed by atoms with van der Waals surface area (Å²) in [7, 11) is 1.70. The maximum Gasteiger partial charge on any atom is 0.170 e. The Balaban J connectivity index is 2.46. The molecule has 0 aliphatic heterocycles. The predicted octanol–water partition coefficient (Wildman–Crippen LogP) is 6.04. The number of aromatic nitrogens is 1. The van der Waals surface area contributed by atoms with Crippen LogP contribution in [-0.2, 0) is 5.41 Å². The first-order chi connectivity index (χ1) is 14.3. The molecule has 1 atom stereocenters. The van der Waals surface area contributed by atoms with E-state index in [1.165, 1.54) is 19.3 Å². The number of nitrogens with two attached hydrogens (primary N) is 1. The molecule has 5 heteroatoms. The average molecular weight is 416 g/mol. The van der Waals surface area contributed by atoms with E-state index in [2.05, 4.69) is 52.1 Å². The number of ether oxygens (including phenoxy) is 2. The summed E-state index contributed by atoms with van der Waals surface area (Å²) in [5.41, 5.74) is 8.64. The number of anilines is 1. The number of unbranched alkanes of at least 4 members (excludes halogenated alkanes) is 3. The van der Waals surface area contributed by atoms with Crippen LogP contribution in [0.25, 0.3) is 10.9 Å². The van der Waals surface area contributed by atoms with Crippen molar-refractivity contribution in [1.82, 2.24) is 4.98 Å². The minimum absolute atomic E-state index is 0.0300. The van der Waals surface area contributed by atoms with Crippen molar-refractivity contribution < 1.29 is 9.47 Å². The van der Waals surface area contributed by atoms with Crippen LogP contribution in [0.4, 0.5) is 5.69 Å². The van der Waals surface area contributed by atoms with Crippen molar-refractivity contribution in [3.05, 3.63) is 23.9 Å². The van der Waals surface area contributed by atoms with E-state index < -0.39 is 0 Å². The Morgan fingerprint density at radius 3 is 2.53 bits per heavy atom. The molecule has 168 valence electrons. The van der Waals surface area contributed by atoms with Crippen LogP contribution in [-0.4, -0.2) is 31.3 Å². The molecule has 30 heavy (non-hydrogen) atoms. The number of hydrogen-bond donors (Lipinski definition) is 2. The molecule has 0 spiro atoms. The molecule has 1 unspecified atom stereocenters. The molecule has 1 aromatic carbocycles. The molecule has 0 aliphatic rings. The number of pyridine rings is 1. The van der Waals surface area contributed by atoms with Crippen molar-refractivity contribution in [3.63, 3.8) is 0 Å². The van der Waals surface area contributed by atoms with E-state index in [4.69, 9.17) is 20.2 Å². The molecule has 3 N–H and O–H groups in total. The summed E-state index contributed by atoms with van der Waals surface area (Å²) in [6, 6.07) is 6.56. The topological polar surface area (TPSA) is 69.4 Å². The molecule has 0 amide bonds. The summed E-state index contributed by atoms with van der Waals surface area (Å²) in [4.78, 5) is 5.05. The highest BCUT2D eigenvalue weighted by molar-refractivity contribution is 5.97. The van der Waals surface area contributed by atoms with Crippen LogP contribution in [0.3, 0.4) is 0 Å². The Kier molecular flexibility index (Phi) is 9.22. The lowest BCUT2D eigenvalue weighted by molar-refractivity contribution is 0.288. The van der Waals surface area contributed by atoms with Crippen molar-refractivity contribution >= 4 is 16.6 Å². The third-order valence-electron chi connectivity index (χ3n) is 5.37. The van der Waals surface area contributed by atoms with Crippen LogP contribution in [0, 0.1) is 0 Å². The summed E-state index contributed by atoms with van der Waals surface area (Å²) < 4.78 is 11.9. The monoisotopic (exact) mass is 415 g/mol. The molecule has 0 bridgehead atoms. The van der Waals surface area contributed by atoms with E-state index >= 15 is 0 Å². The lowest BCUT2D eigenvalue weighted by Gasteiger charge is -2.23. The van der Waals surface area contributed by atoms with Crippen molar-refractivity contribution in [3.8, 4) is 11.5 Å². The number of rotatable bonds is 12. The Labute approximate surface area is 182 Å². The van der Waals surface area contributed by atoms with Crippen molar-refractivity contribution in [1.29, 1.82) is 0 Å². The van der Waals surface area contributed by atoms with Gasteiger partial charge in [-0.05, 0) is 44.9 Å². The fourth-order valence-corrected chi connectivity index (χ4v) is 3.54. The molecule has 0 saturated carbocycles. The summed E-state index contributed by atoms with van der Waals surface area (Å²) in [6.07, 6.45) is 6.68. The number of fused-ring (bicyclic) bond motifs is 1. The summed E-state index contributed by atoms with van der Waals surface area (Å²) in [5.74, 6) is 1.54. The van der Waals surface area contributed by atoms with Gasteiger partial charge in [-0.1, -0.05) is 47.0 Å². The normalized spacial score (nSPS) is 12.8. The van der Waals surface area contributed by atoms with Gasteiger partial charge in [0, 0.05) is 28.6 Å². The first-order valence-corrected chi connectivity index (χ1v) is 11.4. The maximum atomic E-state index is 6.23. The third-order valence-corrected chi connectivity index (χ3v) is 5.37. The quantitative estimate of drug-likeness (QED) is 0.414. The summed E-state index contributed by atoms with van der Waals surface area (Å²) in [6.45, 7) is 12.3. The molecule has 1 aromatic heterocycles. The first-order valence-electron chi connectivity index (χ1n) is 11.4. The van der Waals surface area contributed by atoms with Crippen LogP contribution in [0.2, 0.25) is 0 Å². The van der Waals surface area contributed by atoms with Crippen LogP contribution in [0.1, 0.15) is 78.8 Å². The van der Waals surface area contributed by atoms with Gasteiger partial charge in [0.1, 0.15) is 0 Å². The van der Waals surface area contributed by atoms with E-state index in [0.717, 1.165) is 53.0 Å². The molecule has 2 aromatic rings. The van der Waals surface area contributed by atoms with Crippen molar-refractivity contribution in [2.24, 2.45) is 5.73 Å². The molecule has 0 aliphatic carbocycles. The lowest BCUT2D eigenvalue weighted by atomic mass is 9.91. The second-order valence-electron chi connectivity index (χ2n) is 9.18. The molecule has 2 rings (SSSR count). The van der Waals surface area contributed by atoms with Gasteiger partial charge >= 0.3 is 0 Å². The Morgan fingerprint density at radius 1 is 1.13 bits per heavy atom. The number of nitrogens with one attached hydrogen (secondary N) is 1. The van der Waals surface area contributed by atoms with Crippen LogP contribution in [0.15, 0.2) is 18.2 Å². The standard InChI is InChI=1S/C25H41N3O2/c1-7-8-9-10-16-30-24-19-13-14-22(25(3,4)5)28-23(19)20(17-21(24)29-6)27-18(2)12-11-15-26/h13-14,17-18,27H,7-12,15-16,26H2,1-6H3. The highest BCUT2D eigenvalue weighted by atomic mass is 16.5. The van der Waals surface area contributed by atoms with Gasteiger partial charge in [0.15, 0.2) is 11.5 Å². The minimum atomic E-state index is -0.0300. The smallest absolute Gasteiger partial charge is 0.170 e. The Morgan fingerprint density at radius 2 is 1.90 bits per heavy atom. The average Bonchev–Trinajstić information content (AvgIpc) is 2.71. The van der Waals surface area contributed by atoms with E-state index in [0.29, 0.717) is 19.2 Å². The molecule has 5 nitrogen and oxygen atoms in total. The van der Waals surface area contributed by atoms with Gasteiger partial charge < -0.3 is 20.5 Å². The molecule has 0 fully saturated rings. The van der Waals surface area contributed by atoms with Gasteiger partial charge in [-0.3, -0.25) is 0 Å². The van der Waals surface area contributed by atoms with Gasteiger partial charge in [-0.25, -0.2) is 4.98 Å². The third kappa shape index (κ3) is 6.49. The van der Waals surface area contributed by atoms with Gasteiger partial charge in [0.25, 0.3) is 0 Å². The fourth-order valence-electron chi connectivity index (χ4n) is 3.54. The van der Waals surface area contributed by atoms with Crippen LogP contribution in [0.5, 0.6) is 11.5 Å². The van der Waals surface area contributed by atoms with E-state index in [1.807, 2.05) is 6.07 Å². The number of hydrogen-bond acceptors (Lipinski definition) is 5. The predicted molar refractivity (Wildman–Crippen MR) is 128 cm³/mol. The molecular weight excluding hydrogens is 374 g/mol. The number of methoxy groups -OCH3 is 1. The largest absolute Gasteiger partial charge is 0.493 e. The second kappa shape index (κ2) is 11.4. The van der Waals surface area contributed by atoms with Gasteiger partial charge in [-0.15, -0.1) is 0 Å². The maximum absolute atomic E-state index is 6.23. The minimum Gasteiger partial charge on any atom is -0.493 e. The lowest BCUT2D eigenvalue weighted by Crippen LogP contribution is -2.18. The molecule has 0 saturated heterocycles. The highest BCUT2D eigenvalue weighted by Gasteiger charge is 2.21. The van der Waals surface area contributed by atoms with Gasteiger partial charge in [-0.2, -0.15) is 0 Å². The van der Waals surface area contributed by atoms with Crippen LogP contribution < -0.4 is 20.5 Å². The second-order valence-corrected chi connectivity index (χ2v) is 9.18. The summed E-state index contributed by atoms with van der Waals surface area (Å²) >= 11 is 0. The number of benzene rings is 1. The Bertz CT molecular complexity index is 799. The van der Waals surface area contributed by atoms with Crippen LogP contribution >= 0.6 is 0 Å². The molecular formula is C25H41N3O2. The fraction of sp³-hybridized carbons (Fsp3) is 0.640. The highest BCUT2D eigenvalue weighted by Crippen LogP contribution is 2.41. The Hall–Kier alpha value is -2.01.